The Labute approximate surface area is 180 Å². The van der Waals surface area contributed by atoms with E-state index in [1.807, 2.05) is 0 Å². The fraction of sp³-hybridized carbons (Fsp3) is 0.200. The van der Waals surface area contributed by atoms with Gasteiger partial charge in [0.2, 0.25) is 11.8 Å². The number of carbonyl (C=O) groups excluding carboxylic acids is 2. The summed E-state index contributed by atoms with van der Waals surface area (Å²) < 4.78 is 47.3. The van der Waals surface area contributed by atoms with Gasteiger partial charge in [-0.05, 0) is 30.3 Å². The zero-order valence-electron chi connectivity index (χ0n) is 16.7. The summed E-state index contributed by atoms with van der Waals surface area (Å²) in [5.41, 5.74) is 1.02. The van der Waals surface area contributed by atoms with Crippen LogP contribution < -0.4 is 20.1 Å². The Morgan fingerprint density at radius 3 is 2.41 bits per heavy atom. The molecule has 1 aromatic carbocycles. The molecule has 2 aromatic heterocycles. The van der Waals surface area contributed by atoms with Crippen molar-refractivity contribution in [2.45, 2.75) is 12.7 Å². The van der Waals surface area contributed by atoms with Gasteiger partial charge in [-0.25, -0.2) is 4.98 Å². The Morgan fingerprint density at radius 2 is 1.78 bits per heavy atom. The van der Waals surface area contributed by atoms with Gasteiger partial charge in [0.25, 0.3) is 5.91 Å². The third-order valence-electron chi connectivity index (χ3n) is 3.95. The minimum absolute atomic E-state index is 0.0886. The molecule has 2 N–H and O–H groups in total. The second kappa shape index (κ2) is 9.81. The van der Waals surface area contributed by atoms with E-state index in [0.717, 1.165) is 12.3 Å². The number of nitrogens with one attached hydrogen (secondary N) is 2. The van der Waals surface area contributed by atoms with Crippen LogP contribution in [0.25, 0.3) is 0 Å². The third-order valence-corrected chi connectivity index (χ3v) is 3.95. The van der Waals surface area contributed by atoms with E-state index in [-0.39, 0.29) is 23.9 Å². The largest absolute Gasteiger partial charge is 0.497 e. The van der Waals surface area contributed by atoms with Crippen LogP contribution in [0.1, 0.15) is 10.4 Å². The zero-order chi connectivity index (χ0) is 23.1. The number of halogens is 3. The molecular weight excluding hydrogens is 431 g/mol. The Kier molecular flexibility index (Phi) is 6.93. The van der Waals surface area contributed by atoms with Crippen molar-refractivity contribution in [1.29, 1.82) is 0 Å². The molecule has 9 nitrogen and oxygen atoms in total. The maximum absolute atomic E-state index is 12.3. The van der Waals surface area contributed by atoms with E-state index in [1.165, 1.54) is 23.1 Å². The topological polar surface area (TPSA) is 107 Å². The summed E-state index contributed by atoms with van der Waals surface area (Å²) in [5.74, 6) is -0.472. The monoisotopic (exact) mass is 449 g/mol. The minimum atomic E-state index is -4.48. The van der Waals surface area contributed by atoms with E-state index in [2.05, 4.69) is 25.5 Å². The van der Waals surface area contributed by atoms with Crippen LogP contribution >= 0.6 is 0 Å². The molecule has 0 aliphatic heterocycles. The Morgan fingerprint density at radius 1 is 1.03 bits per heavy atom. The molecule has 0 atom stereocenters. The van der Waals surface area contributed by atoms with Gasteiger partial charge in [0.15, 0.2) is 6.61 Å². The molecule has 32 heavy (non-hydrogen) atoms. The predicted molar refractivity (Wildman–Crippen MR) is 108 cm³/mol. The summed E-state index contributed by atoms with van der Waals surface area (Å²) in [6.07, 6.45) is -0.580. The van der Waals surface area contributed by atoms with E-state index in [9.17, 15) is 22.8 Å². The number of nitrogens with zero attached hydrogens (tertiary/aromatic N) is 3. The van der Waals surface area contributed by atoms with Crippen molar-refractivity contribution in [3.8, 4) is 11.6 Å². The van der Waals surface area contributed by atoms with Crippen molar-refractivity contribution in [3.63, 3.8) is 0 Å². The highest BCUT2D eigenvalue weighted by molar-refractivity contribution is 6.04. The van der Waals surface area contributed by atoms with E-state index >= 15 is 0 Å². The van der Waals surface area contributed by atoms with Crippen LogP contribution in [0.15, 0.2) is 55.0 Å². The van der Waals surface area contributed by atoms with Gasteiger partial charge in [-0.1, -0.05) is 0 Å². The van der Waals surface area contributed by atoms with Crippen LogP contribution in [-0.4, -0.2) is 46.5 Å². The van der Waals surface area contributed by atoms with Crippen LogP contribution in [0.3, 0.4) is 0 Å². The summed E-state index contributed by atoms with van der Waals surface area (Å²) in [5, 5.41) is 9.28. The standard InChI is InChI=1S/C20H18F3N5O4/c1-31-16-5-3-14(4-6-16)26-17(29)11-28-10-15(9-25-28)27-19(30)13-2-7-18(24-8-13)32-12-20(21,22)23/h2-10H,11-12H2,1H3,(H,26,29)(H,27,30). The fourth-order valence-electron chi connectivity index (χ4n) is 2.50. The lowest BCUT2D eigenvalue weighted by atomic mass is 10.2. The minimum Gasteiger partial charge on any atom is -0.497 e. The molecular formula is C20H18F3N5O4. The first kappa shape index (κ1) is 22.6. The molecule has 0 saturated heterocycles. The molecule has 0 aliphatic rings. The molecule has 0 saturated carbocycles. The number of ether oxygens (including phenoxy) is 2. The second-order valence-corrected chi connectivity index (χ2v) is 6.45. The molecule has 0 bridgehead atoms. The molecule has 3 rings (SSSR count). The lowest BCUT2D eigenvalue weighted by Gasteiger charge is -2.08. The molecule has 12 heteroatoms. The van der Waals surface area contributed by atoms with Crippen molar-refractivity contribution in [2.24, 2.45) is 0 Å². The maximum atomic E-state index is 12.3. The number of rotatable bonds is 8. The number of benzene rings is 1. The molecule has 0 fully saturated rings. The summed E-state index contributed by atoms with van der Waals surface area (Å²) in [6.45, 7) is -1.56. The van der Waals surface area contributed by atoms with Gasteiger partial charge < -0.3 is 20.1 Å². The van der Waals surface area contributed by atoms with Gasteiger partial charge in [0, 0.05) is 24.1 Å². The number of carbonyl (C=O) groups is 2. The van der Waals surface area contributed by atoms with Crippen LogP contribution in [-0.2, 0) is 11.3 Å². The Bertz CT molecular complexity index is 1070. The third kappa shape index (κ3) is 6.72. The highest BCUT2D eigenvalue weighted by Gasteiger charge is 2.28. The number of pyridine rings is 1. The SMILES string of the molecule is COc1ccc(NC(=O)Cn2cc(NC(=O)c3ccc(OCC(F)(F)F)nc3)cn2)cc1. The van der Waals surface area contributed by atoms with E-state index in [0.29, 0.717) is 17.1 Å². The van der Waals surface area contributed by atoms with Gasteiger partial charge in [0.1, 0.15) is 12.3 Å². The number of aromatic nitrogens is 3. The maximum Gasteiger partial charge on any atom is 0.422 e. The molecule has 2 heterocycles. The summed E-state index contributed by atoms with van der Waals surface area (Å²) >= 11 is 0. The second-order valence-electron chi connectivity index (χ2n) is 6.45. The number of hydrogen-bond acceptors (Lipinski definition) is 6. The predicted octanol–water partition coefficient (Wildman–Crippen LogP) is 3.12. The number of methoxy groups -OCH3 is 1. The van der Waals surface area contributed by atoms with Gasteiger partial charge >= 0.3 is 6.18 Å². The normalized spacial score (nSPS) is 11.0. The average Bonchev–Trinajstić information content (AvgIpc) is 3.19. The summed E-state index contributed by atoms with van der Waals surface area (Å²) in [4.78, 5) is 28.1. The van der Waals surface area contributed by atoms with Crippen molar-refractivity contribution < 1.29 is 32.2 Å². The number of anilines is 2. The molecule has 168 valence electrons. The smallest absolute Gasteiger partial charge is 0.422 e. The first-order chi connectivity index (χ1) is 15.2. The highest BCUT2D eigenvalue weighted by Crippen LogP contribution is 2.18. The Balaban J connectivity index is 1.51. The number of amides is 2. The molecule has 2 amide bonds. The van der Waals surface area contributed by atoms with Crippen LogP contribution in [0.2, 0.25) is 0 Å². The molecule has 0 aliphatic carbocycles. The summed E-state index contributed by atoms with van der Waals surface area (Å²) in [6, 6.07) is 9.24. The number of hydrogen-bond donors (Lipinski definition) is 2. The molecule has 0 radical (unpaired) electrons. The highest BCUT2D eigenvalue weighted by atomic mass is 19.4. The average molecular weight is 449 g/mol. The first-order valence-electron chi connectivity index (χ1n) is 9.15. The van der Waals surface area contributed by atoms with Crippen molar-refractivity contribution >= 4 is 23.2 Å². The van der Waals surface area contributed by atoms with Crippen LogP contribution in [0.4, 0.5) is 24.5 Å². The van der Waals surface area contributed by atoms with E-state index < -0.39 is 18.7 Å². The van der Waals surface area contributed by atoms with Crippen LogP contribution in [0, 0.1) is 0 Å². The number of alkyl halides is 3. The van der Waals surface area contributed by atoms with E-state index in [1.54, 1.807) is 31.4 Å². The van der Waals surface area contributed by atoms with Gasteiger partial charge in [-0.15, -0.1) is 0 Å². The van der Waals surface area contributed by atoms with Gasteiger partial charge in [0.05, 0.1) is 24.6 Å². The van der Waals surface area contributed by atoms with Crippen LogP contribution in [0.5, 0.6) is 11.6 Å². The van der Waals surface area contributed by atoms with Gasteiger partial charge in [-0.2, -0.15) is 18.3 Å². The van der Waals surface area contributed by atoms with Crippen molar-refractivity contribution in [1.82, 2.24) is 14.8 Å². The molecule has 0 spiro atoms. The first-order valence-corrected chi connectivity index (χ1v) is 9.15. The van der Waals surface area contributed by atoms with Crippen molar-refractivity contribution in [2.75, 3.05) is 24.4 Å². The van der Waals surface area contributed by atoms with Crippen molar-refractivity contribution in [3.05, 3.63) is 60.6 Å². The lowest BCUT2D eigenvalue weighted by molar-refractivity contribution is -0.154. The van der Waals surface area contributed by atoms with E-state index in [4.69, 9.17) is 4.74 Å². The van der Waals surface area contributed by atoms with Gasteiger partial charge in [-0.3, -0.25) is 14.3 Å². The molecule has 3 aromatic rings. The Hall–Kier alpha value is -4.09. The quantitative estimate of drug-likeness (QED) is 0.547. The molecule has 0 unspecified atom stereocenters. The lowest BCUT2D eigenvalue weighted by Crippen LogP contribution is -2.20. The fourth-order valence-corrected chi connectivity index (χ4v) is 2.50. The summed E-state index contributed by atoms with van der Waals surface area (Å²) in [7, 11) is 1.54. The zero-order valence-corrected chi connectivity index (χ0v) is 16.7.